The van der Waals surface area contributed by atoms with E-state index in [9.17, 15) is 4.79 Å². The molecule has 5 nitrogen and oxygen atoms in total. The van der Waals surface area contributed by atoms with Gasteiger partial charge in [0, 0.05) is 5.92 Å². The molecule has 2 atom stereocenters. The van der Waals surface area contributed by atoms with Gasteiger partial charge in [0.2, 0.25) is 0 Å². The number of rotatable bonds is 6. The van der Waals surface area contributed by atoms with E-state index in [0.717, 1.165) is 22.6 Å². The first-order valence-corrected chi connectivity index (χ1v) is 8.15. The molecule has 3 rings (SSSR count). The molecule has 0 spiro atoms. The van der Waals surface area contributed by atoms with Crippen LogP contribution in [0.25, 0.3) is 0 Å². The fourth-order valence-corrected chi connectivity index (χ4v) is 2.72. The third-order valence-corrected chi connectivity index (χ3v) is 4.26. The van der Waals surface area contributed by atoms with Crippen LogP contribution in [0.1, 0.15) is 41.9 Å². The molecule has 1 aromatic heterocycles. The number of nitrogens with zero attached hydrogens (tertiary/aromatic N) is 1. The van der Waals surface area contributed by atoms with Crippen LogP contribution in [0, 0.1) is 19.8 Å². The number of carbonyl (C=O) groups is 1. The molecule has 1 heterocycles. The fraction of sp³-hybridized carbons (Fsp3) is 0.368. The van der Waals surface area contributed by atoms with Crippen molar-refractivity contribution in [3.63, 3.8) is 0 Å². The summed E-state index contributed by atoms with van der Waals surface area (Å²) in [4.78, 5) is 11.8. The van der Waals surface area contributed by atoms with Crippen molar-refractivity contribution in [2.24, 2.45) is 11.0 Å². The van der Waals surface area contributed by atoms with Crippen LogP contribution < -0.4 is 10.2 Å². The molecular weight excluding hydrogens is 304 g/mol. The normalized spacial score (nSPS) is 19.5. The van der Waals surface area contributed by atoms with Gasteiger partial charge in [0.15, 0.2) is 6.61 Å². The van der Waals surface area contributed by atoms with E-state index >= 15 is 0 Å². The summed E-state index contributed by atoms with van der Waals surface area (Å²) in [6, 6.07) is 9.70. The lowest BCUT2D eigenvalue weighted by Crippen LogP contribution is -2.24. The van der Waals surface area contributed by atoms with Crippen LogP contribution in [0.4, 0.5) is 0 Å². The zero-order valence-electron chi connectivity index (χ0n) is 14.2. The summed E-state index contributed by atoms with van der Waals surface area (Å²) in [5, 5.41) is 3.91. The smallest absolute Gasteiger partial charge is 0.277 e. The second kappa shape index (κ2) is 6.91. The Balaban J connectivity index is 1.48. The monoisotopic (exact) mass is 326 g/mol. The van der Waals surface area contributed by atoms with E-state index < -0.39 is 0 Å². The molecule has 1 fully saturated rings. The molecule has 2 aromatic rings. The molecule has 1 aromatic carbocycles. The van der Waals surface area contributed by atoms with E-state index in [-0.39, 0.29) is 12.5 Å². The second-order valence-corrected chi connectivity index (χ2v) is 6.36. The number of aryl methyl sites for hydroxylation is 2. The Morgan fingerprint density at radius 3 is 2.71 bits per heavy atom. The van der Waals surface area contributed by atoms with Crippen LogP contribution in [-0.4, -0.2) is 18.7 Å². The Morgan fingerprint density at radius 2 is 2.04 bits per heavy atom. The van der Waals surface area contributed by atoms with Crippen LogP contribution in [0.15, 0.2) is 39.9 Å². The van der Waals surface area contributed by atoms with E-state index in [1.54, 1.807) is 0 Å². The third-order valence-electron chi connectivity index (χ3n) is 4.26. The Bertz CT molecular complexity index is 743. The topological polar surface area (TPSA) is 63.8 Å². The highest BCUT2D eigenvalue weighted by Crippen LogP contribution is 2.47. The van der Waals surface area contributed by atoms with E-state index in [4.69, 9.17) is 9.15 Å². The van der Waals surface area contributed by atoms with Gasteiger partial charge in [-0.05, 0) is 49.4 Å². The summed E-state index contributed by atoms with van der Waals surface area (Å²) in [5.41, 5.74) is 4.46. The first-order valence-electron chi connectivity index (χ1n) is 8.15. The Morgan fingerprint density at radius 1 is 1.33 bits per heavy atom. The van der Waals surface area contributed by atoms with Crippen molar-refractivity contribution in [1.82, 2.24) is 5.43 Å². The SMILES string of the molecule is Cc1cccc(C)c1OCC(=O)N/N=C\c1ccc([C@@H]2C[C@H]2C)o1. The predicted molar refractivity (Wildman–Crippen MR) is 92.4 cm³/mol. The average Bonchev–Trinajstić information content (AvgIpc) is 3.08. The number of hydrogen-bond donors (Lipinski definition) is 1. The standard InChI is InChI=1S/C19H22N2O3/c1-12-5-4-6-13(2)19(12)23-11-18(22)21-20-10-15-7-8-17(24-15)16-9-14(16)3/h4-8,10,14,16H,9,11H2,1-3H3,(H,21,22)/b20-10-/t14-,16-/m1/s1. The van der Waals surface area contributed by atoms with Crippen molar-refractivity contribution in [2.75, 3.05) is 6.61 Å². The fourth-order valence-electron chi connectivity index (χ4n) is 2.72. The summed E-state index contributed by atoms with van der Waals surface area (Å²) < 4.78 is 11.3. The number of hydrogen-bond acceptors (Lipinski definition) is 4. The molecule has 0 saturated heterocycles. The van der Waals surface area contributed by atoms with Crippen molar-refractivity contribution in [3.05, 3.63) is 53.0 Å². The summed E-state index contributed by atoms with van der Waals surface area (Å²) in [6.45, 7) is 6.03. The van der Waals surface area contributed by atoms with Crippen LogP contribution in [0.3, 0.4) is 0 Å². The number of amides is 1. The number of benzene rings is 1. The highest BCUT2D eigenvalue weighted by atomic mass is 16.5. The Kier molecular flexibility index (Phi) is 4.69. The minimum atomic E-state index is -0.309. The number of nitrogens with one attached hydrogen (secondary N) is 1. The van der Waals surface area contributed by atoms with E-state index in [0.29, 0.717) is 17.6 Å². The molecule has 1 N–H and O–H groups in total. The van der Waals surface area contributed by atoms with Gasteiger partial charge in [0.25, 0.3) is 5.91 Å². The maximum absolute atomic E-state index is 11.8. The minimum absolute atomic E-state index is 0.0774. The molecule has 0 bridgehead atoms. The molecule has 24 heavy (non-hydrogen) atoms. The van der Waals surface area contributed by atoms with Crippen LogP contribution >= 0.6 is 0 Å². The molecule has 126 valence electrons. The predicted octanol–water partition coefficient (Wildman–Crippen LogP) is 3.55. The molecule has 1 amide bonds. The van der Waals surface area contributed by atoms with Gasteiger partial charge < -0.3 is 9.15 Å². The molecule has 1 saturated carbocycles. The number of ether oxygens (including phenoxy) is 1. The van der Waals surface area contributed by atoms with Gasteiger partial charge in [-0.25, -0.2) is 5.43 Å². The second-order valence-electron chi connectivity index (χ2n) is 6.36. The first-order chi connectivity index (χ1) is 11.5. The number of carbonyl (C=O) groups excluding carboxylic acids is 1. The third kappa shape index (κ3) is 3.85. The number of para-hydroxylation sites is 1. The van der Waals surface area contributed by atoms with Crippen LogP contribution in [0.2, 0.25) is 0 Å². The molecule has 0 aliphatic heterocycles. The quantitative estimate of drug-likeness (QED) is 0.652. The average molecular weight is 326 g/mol. The lowest BCUT2D eigenvalue weighted by molar-refractivity contribution is -0.123. The molecule has 1 aliphatic rings. The zero-order chi connectivity index (χ0) is 17.1. The van der Waals surface area contributed by atoms with Crippen molar-refractivity contribution in [3.8, 4) is 5.75 Å². The lowest BCUT2D eigenvalue weighted by Gasteiger charge is -2.10. The van der Waals surface area contributed by atoms with E-state index in [1.807, 2.05) is 44.2 Å². The summed E-state index contributed by atoms with van der Waals surface area (Å²) in [5.74, 6) is 3.30. The first kappa shape index (κ1) is 16.3. The van der Waals surface area contributed by atoms with Crippen molar-refractivity contribution < 1.29 is 13.9 Å². The van der Waals surface area contributed by atoms with Gasteiger partial charge in [-0.1, -0.05) is 25.1 Å². The van der Waals surface area contributed by atoms with Gasteiger partial charge in [0.1, 0.15) is 17.3 Å². The number of furan rings is 1. The van der Waals surface area contributed by atoms with Gasteiger partial charge in [-0.2, -0.15) is 5.10 Å². The molecule has 0 unspecified atom stereocenters. The van der Waals surface area contributed by atoms with Gasteiger partial charge in [0.05, 0.1) is 6.21 Å². The van der Waals surface area contributed by atoms with Crippen molar-refractivity contribution >= 4 is 12.1 Å². The highest BCUT2D eigenvalue weighted by Gasteiger charge is 2.36. The lowest BCUT2D eigenvalue weighted by atomic mass is 10.1. The van der Waals surface area contributed by atoms with Crippen molar-refractivity contribution in [1.29, 1.82) is 0 Å². The minimum Gasteiger partial charge on any atom is -0.483 e. The maximum Gasteiger partial charge on any atom is 0.277 e. The largest absolute Gasteiger partial charge is 0.483 e. The summed E-state index contributed by atoms with van der Waals surface area (Å²) >= 11 is 0. The van der Waals surface area contributed by atoms with Gasteiger partial charge >= 0.3 is 0 Å². The van der Waals surface area contributed by atoms with Crippen LogP contribution in [-0.2, 0) is 4.79 Å². The van der Waals surface area contributed by atoms with Crippen molar-refractivity contribution in [2.45, 2.75) is 33.1 Å². The maximum atomic E-state index is 11.8. The molecule has 1 aliphatic carbocycles. The van der Waals surface area contributed by atoms with E-state index in [2.05, 4.69) is 17.5 Å². The van der Waals surface area contributed by atoms with E-state index in [1.165, 1.54) is 12.6 Å². The number of hydrazone groups is 1. The zero-order valence-corrected chi connectivity index (χ0v) is 14.2. The van der Waals surface area contributed by atoms with Gasteiger partial charge in [-0.15, -0.1) is 0 Å². The molecular formula is C19H22N2O3. The Labute approximate surface area is 141 Å². The molecule has 5 heteroatoms. The molecule has 0 radical (unpaired) electrons. The summed E-state index contributed by atoms with van der Waals surface area (Å²) in [7, 11) is 0. The van der Waals surface area contributed by atoms with Gasteiger partial charge in [-0.3, -0.25) is 4.79 Å². The van der Waals surface area contributed by atoms with Crippen LogP contribution in [0.5, 0.6) is 5.75 Å². The highest BCUT2D eigenvalue weighted by molar-refractivity contribution is 5.81. The Hall–Kier alpha value is -2.56. The summed E-state index contributed by atoms with van der Waals surface area (Å²) in [6.07, 6.45) is 2.68.